The van der Waals surface area contributed by atoms with E-state index in [0.717, 1.165) is 5.57 Å². The van der Waals surface area contributed by atoms with Crippen LogP contribution in [0.4, 0.5) is 8.78 Å². The summed E-state index contributed by atoms with van der Waals surface area (Å²) in [6.45, 7) is -0.835. The fourth-order valence-corrected chi connectivity index (χ4v) is 2.42. The summed E-state index contributed by atoms with van der Waals surface area (Å²) in [4.78, 5) is 0. The zero-order chi connectivity index (χ0) is 9.59. The van der Waals surface area contributed by atoms with E-state index in [1.165, 1.54) is 0 Å². The first-order chi connectivity index (χ1) is 6.09. The highest BCUT2D eigenvalue weighted by Crippen LogP contribution is 2.46. The molecule has 0 radical (unpaired) electrons. The van der Waals surface area contributed by atoms with Crippen LogP contribution in [0, 0.1) is 11.8 Å². The van der Waals surface area contributed by atoms with Gasteiger partial charge in [0.15, 0.2) is 0 Å². The van der Waals surface area contributed by atoms with Gasteiger partial charge in [0.25, 0.3) is 0 Å². The second-order valence-corrected chi connectivity index (χ2v) is 3.76. The van der Waals surface area contributed by atoms with Gasteiger partial charge in [-0.25, -0.2) is 0 Å². The Bertz CT molecular complexity index is 240. The first kappa shape index (κ1) is 9.09. The number of alkyl halides is 2. The molecule has 0 heterocycles. The van der Waals surface area contributed by atoms with Crippen LogP contribution in [0.5, 0.6) is 0 Å². The van der Waals surface area contributed by atoms with Gasteiger partial charge in [-0.05, 0) is 13.3 Å². The molecule has 74 valence electrons. The topological polar surface area (TPSA) is 29.5 Å². The lowest BCUT2D eigenvalue weighted by Crippen LogP contribution is -2.24. The molecule has 0 aromatic carbocycles. The summed E-state index contributed by atoms with van der Waals surface area (Å²) in [7, 11) is 0. The predicted molar refractivity (Wildman–Crippen MR) is 42.2 cm³/mol. The Kier molecular flexibility index (Phi) is 2.12. The molecule has 2 bridgehead atoms. The molecule has 2 aliphatic rings. The highest BCUT2D eigenvalue weighted by molar-refractivity contribution is 5.24. The summed E-state index contributed by atoms with van der Waals surface area (Å²) in [5.74, 6) is -0.229. The first-order valence-electron chi connectivity index (χ1n) is 4.39. The normalized spacial score (nSPS) is 43.0. The van der Waals surface area contributed by atoms with Crippen LogP contribution in [0.1, 0.15) is 13.3 Å². The molecule has 1 fully saturated rings. The van der Waals surface area contributed by atoms with E-state index < -0.39 is 18.8 Å². The number of hydrogen-bond donors (Lipinski definition) is 1. The van der Waals surface area contributed by atoms with Crippen molar-refractivity contribution in [1.29, 1.82) is 0 Å². The summed E-state index contributed by atoms with van der Waals surface area (Å²) < 4.78 is 28.5. The molecule has 0 amide bonds. The Morgan fingerprint density at radius 2 is 2.31 bits per heavy atom. The van der Waals surface area contributed by atoms with Crippen LogP contribution in [0.3, 0.4) is 0 Å². The molecule has 0 aromatic rings. The molecule has 0 spiro atoms. The van der Waals surface area contributed by atoms with Gasteiger partial charge in [0.05, 0.1) is 12.2 Å². The number of aliphatic hydroxyl groups excluding tert-OH is 1. The number of ether oxygens (including phenoxy) is 1. The van der Waals surface area contributed by atoms with Gasteiger partial charge < -0.3 is 9.84 Å². The molecule has 2 aliphatic carbocycles. The van der Waals surface area contributed by atoms with Crippen LogP contribution < -0.4 is 0 Å². The van der Waals surface area contributed by atoms with E-state index in [-0.39, 0.29) is 11.8 Å². The quantitative estimate of drug-likeness (QED) is 0.669. The van der Waals surface area contributed by atoms with Gasteiger partial charge >= 0.3 is 6.61 Å². The van der Waals surface area contributed by atoms with Crippen LogP contribution >= 0.6 is 0 Å². The molecular weight excluding hydrogens is 178 g/mol. The maximum absolute atomic E-state index is 12.0. The number of fused-ring (bicyclic) bond motifs is 2. The zero-order valence-electron chi connectivity index (χ0n) is 7.28. The SMILES string of the molecule is CC1=CC2C(O)CC1C2OC(F)F. The second-order valence-electron chi connectivity index (χ2n) is 3.76. The molecule has 4 heteroatoms. The highest BCUT2D eigenvalue weighted by Gasteiger charge is 2.48. The van der Waals surface area contributed by atoms with Crippen molar-refractivity contribution in [3.63, 3.8) is 0 Å². The van der Waals surface area contributed by atoms with Crippen molar-refractivity contribution < 1.29 is 18.6 Å². The maximum atomic E-state index is 12.0. The minimum atomic E-state index is -2.74. The van der Waals surface area contributed by atoms with Gasteiger partial charge in [-0.15, -0.1) is 0 Å². The first-order valence-corrected chi connectivity index (χ1v) is 4.39. The van der Waals surface area contributed by atoms with E-state index in [1.807, 2.05) is 13.0 Å². The standard InChI is InChI=1S/C9H12F2O2/c1-4-2-6-7(12)3-5(4)8(6)13-9(10)11/h2,5-9,12H,3H2,1H3. The van der Waals surface area contributed by atoms with Crippen molar-refractivity contribution in [3.8, 4) is 0 Å². The van der Waals surface area contributed by atoms with E-state index in [1.54, 1.807) is 0 Å². The van der Waals surface area contributed by atoms with Crippen LogP contribution in [0.15, 0.2) is 11.6 Å². The zero-order valence-corrected chi connectivity index (χ0v) is 7.28. The lowest BCUT2D eigenvalue weighted by atomic mass is 9.98. The molecule has 13 heavy (non-hydrogen) atoms. The van der Waals surface area contributed by atoms with Crippen LogP contribution in [-0.2, 0) is 4.74 Å². The molecule has 4 unspecified atom stereocenters. The van der Waals surface area contributed by atoms with E-state index in [4.69, 9.17) is 0 Å². The molecular formula is C9H12F2O2. The van der Waals surface area contributed by atoms with Crippen LogP contribution in [0.2, 0.25) is 0 Å². The average Bonchev–Trinajstić information content (AvgIpc) is 2.43. The minimum Gasteiger partial charge on any atom is -0.392 e. The summed E-state index contributed by atoms with van der Waals surface area (Å²) >= 11 is 0. The average molecular weight is 190 g/mol. The Morgan fingerprint density at radius 3 is 2.77 bits per heavy atom. The molecule has 0 saturated heterocycles. The van der Waals surface area contributed by atoms with Crippen molar-refractivity contribution >= 4 is 0 Å². The molecule has 2 rings (SSSR count). The predicted octanol–water partition coefficient (Wildman–Crippen LogP) is 1.55. The van der Waals surface area contributed by atoms with Crippen molar-refractivity contribution in [3.05, 3.63) is 11.6 Å². The van der Waals surface area contributed by atoms with Gasteiger partial charge in [-0.1, -0.05) is 11.6 Å². The van der Waals surface area contributed by atoms with E-state index >= 15 is 0 Å². The Balaban J connectivity index is 2.09. The fourth-order valence-electron chi connectivity index (χ4n) is 2.42. The van der Waals surface area contributed by atoms with Gasteiger partial charge in [0.2, 0.25) is 0 Å². The van der Waals surface area contributed by atoms with E-state index in [2.05, 4.69) is 4.74 Å². The van der Waals surface area contributed by atoms with Gasteiger partial charge in [0, 0.05) is 11.8 Å². The molecule has 1 N–H and O–H groups in total. The Morgan fingerprint density at radius 1 is 1.62 bits per heavy atom. The van der Waals surface area contributed by atoms with Crippen LogP contribution in [-0.4, -0.2) is 23.9 Å². The van der Waals surface area contributed by atoms with Gasteiger partial charge in [-0.3, -0.25) is 0 Å². The van der Waals surface area contributed by atoms with Crippen molar-refractivity contribution in [2.24, 2.45) is 11.8 Å². The van der Waals surface area contributed by atoms with Crippen molar-refractivity contribution in [2.75, 3.05) is 0 Å². The largest absolute Gasteiger partial charge is 0.392 e. The molecule has 2 nitrogen and oxygen atoms in total. The summed E-state index contributed by atoms with van der Waals surface area (Å²) in [5.41, 5.74) is 1.07. The van der Waals surface area contributed by atoms with Crippen molar-refractivity contribution in [2.45, 2.75) is 32.2 Å². The number of rotatable bonds is 2. The molecule has 0 aromatic heterocycles. The number of halogens is 2. The summed E-state index contributed by atoms with van der Waals surface area (Å²) in [6.07, 6.45) is 1.41. The minimum absolute atomic E-state index is 0.00556. The lowest BCUT2D eigenvalue weighted by molar-refractivity contribution is -0.174. The van der Waals surface area contributed by atoms with E-state index in [9.17, 15) is 13.9 Å². The van der Waals surface area contributed by atoms with Gasteiger partial charge in [-0.2, -0.15) is 8.78 Å². The number of aliphatic hydroxyl groups is 1. The third-order valence-electron chi connectivity index (χ3n) is 3.02. The third-order valence-corrected chi connectivity index (χ3v) is 3.02. The summed E-state index contributed by atoms with van der Waals surface area (Å²) in [6, 6.07) is 0. The lowest BCUT2D eigenvalue weighted by Gasteiger charge is -2.16. The Hall–Kier alpha value is -0.480. The van der Waals surface area contributed by atoms with Crippen molar-refractivity contribution in [1.82, 2.24) is 0 Å². The third kappa shape index (κ3) is 1.38. The maximum Gasteiger partial charge on any atom is 0.345 e. The smallest absolute Gasteiger partial charge is 0.345 e. The Labute approximate surface area is 75.2 Å². The van der Waals surface area contributed by atoms with Gasteiger partial charge in [0.1, 0.15) is 0 Å². The van der Waals surface area contributed by atoms with Crippen LogP contribution in [0.25, 0.3) is 0 Å². The summed E-state index contributed by atoms with van der Waals surface area (Å²) in [5, 5.41) is 9.45. The molecule has 4 atom stereocenters. The highest BCUT2D eigenvalue weighted by atomic mass is 19.3. The molecule has 0 aliphatic heterocycles. The monoisotopic (exact) mass is 190 g/mol. The number of hydrogen-bond acceptors (Lipinski definition) is 2. The van der Waals surface area contributed by atoms with E-state index in [0.29, 0.717) is 6.42 Å². The second kappa shape index (κ2) is 3.03. The molecule has 1 saturated carbocycles. The fraction of sp³-hybridized carbons (Fsp3) is 0.778.